The highest BCUT2D eigenvalue weighted by atomic mass is 15.3. The molecule has 1 aromatic heterocycles. The summed E-state index contributed by atoms with van der Waals surface area (Å²) >= 11 is 0. The summed E-state index contributed by atoms with van der Waals surface area (Å²) in [5, 5.41) is 8.29. The molecule has 3 nitrogen and oxygen atoms in total. The first-order valence-corrected chi connectivity index (χ1v) is 7.79. The number of nitrogens with zero attached hydrogens (tertiary/aromatic N) is 2. The molecule has 2 fully saturated rings. The van der Waals surface area contributed by atoms with E-state index in [1.165, 1.54) is 49.2 Å². The van der Waals surface area contributed by atoms with E-state index in [0.717, 1.165) is 17.8 Å². The van der Waals surface area contributed by atoms with E-state index >= 15 is 0 Å². The lowest BCUT2D eigenvalue weighted by molar-refractivity contribution is 0.309. The first kappa shape index (κ1) is 13.2. The Morgan fingerprint density at radius 1 is 1.32 bits per heavy atom. The van der Waals surface area contributed by atoms with Gasteiger partial charge in [-0.25, -0.2) is 0 Å². The van der Waals surface area contributed by atoms with Crippen molar-refractivity contribution in [1.29, 1.82) is 0 Å². The van der Waals surface area contributed by atoms with E-state index in [1.54, 1.807) is 0 Å². The van der Waals surface area contributed by atoms with Crippen LogP contribution in [-0.2, 0) is 7.05 Å². The van der Waals surface area contributed by atoms with Gasteiger partial charge in [-0.2, -0.15) is 5.10 Å². The lowest BCUT2D eigenvalue weighted by atomic mass is 9.88. The fourth-order valence-electron chi connectivity index (χ4n) is 4.47. The maximum absolute atomic E-state index is 4.53. The highest BCUT2D eigenvalue weighted by Crippen LogP contribution is 2.48. The normalized spacial score (nSPS) is 31.1. The van der Waals surface area contributed by atoms with Crippen LogP contribution in [0.4, 0.5) is 0 Å². The zero-order chi connectivity index (χ0) is 13.6. The predicted molar refractivity (Wildman–Crippen MR) is 78.0 cm³/mol. The van der Waals surface area contributed by atoms with Crippen molar-refractivity contribution in [2.24, 2.45) is 24.8 Å². The molecule has 2 bridgehead atoms. The average Bonchev–Trinajstić information content (AvgIpc) is 3.03. The van der Waals surface area contributed by atoms with Crippen molar-refractivity contribution in [3.63, 3.8) is 0 Å². The quantitative estimate of drug-likeness (QED) is 0.902. The summed E-state index contributed by atoms with van der Waals surface area (Å²) in [7, 11) is 2.04. The van der Waals surface area contributed by atoms with Crippen molar-refractivity contribution in [3.8, 4) is 0 Å². The summed E-state index contributed by atoms with van der Waals surface area (Å²) in [6.07, 6.45) is 5.95. The Kier molecular flexibility index (Phi) is 3.42. The van der Waals surface area contributed by atoms with Crippen molar-refractivity contribution < 1.29 is 0 Å². The maximum Gasteiger partial charge on any atom is 0.0644 e. The van der Waals surface area contributed by atoms with E-state index in [-0.39, 0.29) is 0 Å². The molecule has 106 valence electrons. The third-order valence-electron chi connectivity index (χ3n) is 5.57. The molecule has 2 aliphatic carbocycles. The molecule has 4 atom stereocenters. The maximum atomic E-state index is 4.53. The van der Waals surface area contributed by atoms with Crippen LogP contribution < -0.4 is 5.32 Å². The average molecular weight is 261 g/mol. The molecule has 19 heavy (non-hydrogen) atoms. The van der Waals surface area contributed by atoms with Gasteiger partial charge in [0.2, 0.25) is 0 Å². The van der Waals surface area contributed by atoms with Crippen LogP contribution in [-0.4, -0.2) is 16.3 Å². The number of aryl methyl sites for hydroxylation is 2. The molecule has 1 aromatic rings. The number of hydrogen-bond acceptors (Lipinski definition) is 2. The van der Waals surface area contributed by atoms with Crippen molar-refractivity contribution in [3.05, 3.63) is 17.0 Å². The number of nitrogens with one attached hydrogen (secondary N) is 1. The van der Waals surface area contributed by atoms with Crippen molar-refractivity contribution in [1.82, 2.24) is 15.1 Å². The molecular formula is C16H27N3. The third kappa shape index (κ3) is 2.33. The van der Waals surface area contributed by atoms with Gasteiger partial charge in [0.05, 0.1) is 5.69 Å². The van der Waals surface area contributed by atoms with Crippen LogP contribution >= 0.6 is 0 Å². The van der Waals surface area contributed by atoms with Gasteiger partial charge in [-0.05, 0) is 64.3 Å². The van der Waals surface area contributed by atoms with E-state index in [9.17, 15) is 0 Å². The van der Waals surface area contributed by atoms with Crippen LogP contribution in [0.5, 0.6) is 0 Å². The molecule has 0 radical (unpaired) electrons. The number of aromatic nitrogens is 2. The second kappa shape index (κ2) is 4.93. The molecule has 0 aliphatic heterocycles. The minimum atomic E-state index is 0.424. The Labute approximate surface area is 116 Å². The molecule has 0 amide bonds. The van der Waals surface area contributed by atoms with Crippen LogP contribution in [0, 0.1) is 31.6 Å². The Morgan fingerprint density at radius 3 is 2.63 bits per heavy atom. The molecular weight excluding hydrogens is 234 g/mol. The highest BCUT2D eigenvalue weighted by molar-refractivity contribution is 5.27. The molecule has 1 N–H and O–H groups in total. The fourth-order valence-corrected chi connectivity index (χ4v) is 4.47. The number of fused-ring (bicyclic) bond motifs is 2. The standard InChI is InChI=1S/C16H27N3/c1-10(16-11(2)18-19(4)12(16)3)17-9-15-8-13-5-6-14(15)7-13/h10,13-15,17H,5-9H2,1-4H3. The van der Waals surface area contributed by atoms with Crippen LogP contribution in [0.2, 0.25) is 0 Å². The fraction of sp³-hybridized carbons (Fsp3) is 0.812. The van der Waals surface area contributed by atoms with Crippen molar-refractivity contribution in [2.75, 3.05) is 6.54 Å². The summed E-state index contributed by atoms with van der Waals surface area (Å²) in [6, 6.07) is 0.424. The van der Waals surface area contributed by atoms with Crippen LogP contribution in [0.3, 0.4) is 0 Å². The van der Waals surface area contributed by atoms with Crippen molar-refractivity contribution in [2.45, 2.75) is 52.5 Å². The van der Waals surface area contributed by atoms with Gasteiger partial charge in [0.1, 0.15) is 0 Å². The van der Waals surface area contributed by atoms with Crippen LogP contribution in [0.15, 0.2) is 0 Å². The summed E-state index contributed by atoms with van der Waals surface area (Å²) in [5.41, 5.74) is 3.86. The summed E-state index contributed by atoms with van der Waals surface area (Å²) in [5.74, 6) is 2.99. The van der Waals surface area contributed by atoms with Gasteiger partial charge >= 0.3 is 0 Å². The molecule has 0 aromatic carbocycles. The molecule has 4 unspecified atom stereocenters. The predicted octanol–water partition coefficient (Wildman–Crippen LogP) is 3.12. The second-order valence-corrected chi connectivity index (χ2v) is 6.77. The van der Waals surface area contributed by atoms with E-state index in [0.29, 0.717) is 6.04 Å². The summed E-state index contributed by atoms with van der Waals surface area (Å²) in [4.78, 5) is 0. The smallest absolute Gasteiger partial charge is 0.0644 e. The molecule has 0 saturated heterocycles. The second-order valence-electron chi connectivity index (χ2n) is 6.77. The minimum absolute atomic E-state index is 0.424. The van der Waals surface area contributed by atoms with E-state index in [4.69, 9.17) is 0 Å². The van der Waals surface area contributed by atoms with Gasteiger partial charge < -0.3 is 5.32 Å². The van der Waals surface area contributed by atoms with Gasteiger partial charge in [0, 0.05) is 24.3 Å². The Hall–Kier alpha value is -0.830. The third-order valence-corrected chi connectivity index (χ3v) is 5.57. The number of hydrogen-bond donors (Lipinski definition) is 1. The van der Waals surface area contributed by atoms with Crippen LogP contribution in [0.25, 0.3) is 0 Å². The van der Waals surface area contributed by atoms with E-state index < -0.39 is 0 Å². The van der Waals surface area contributed by atoms with Gasteiger partial charge in [-0.1, -0.05) is 6.42 Å². The molecule has 2 saturated carbocycles. The molecule has 3 heteroatoms. The van der Waals surface area contributed by atoms with Crippen molar-refractivity contribution >= 4 is 0 Å². The summed E-state index contributed by atoms with van der Waals surface area (Å²) < 4.78 is 2.00. The van der Waals surface area contributed by atoms with Gasteiger partial charge in [0.15, 0.2) is 0 Å². The largest absolute Gasteiger partial charge is 0.310 e. The first-order valence-electron chi connectivity index (χ1n) is 7.79. The van der Waals surface area contributed by atoms with Gasteiger partial charge in [0.25, 0.3) is 0 Å². The van der Waals surface area contributed by atoms with E-state index in [2.05, 4.69) is 31.2 Å². The Bertz CT molecular complexity index is 463. The zero-order valence-electron chi connectivity index (χ0n) is 12.7. The molecule has 3 rings (SSSR count). The first-order chi connectivity index (χ1) is 9.06. The number of rotatable bonds is 4. The highest BCUT2D eigenvalue weighted by Gasteiger charge is 2.39. The van der Waals surface area contributed by atoms with Gasteiger partial charge in [-0.3, -0.25) is 4.68 Å². The topological polar surface area (TPSA) is 29.9 Å². The lowest BCUT2D eigenvalue weighted by Crippen LogP contribution is -2.29. The molecule has 1 heterocycles. The SMILES string of the molecule is Cc1nn(C)c(C)c1C(C)NCC1CC2CCC1C2. The van der Waals surface area contributed by atoms with Crippen LogP contribution in [0.1, 0.15) is 55.6 Å². The minimum Gasteiger partial charge on any atom is -0.310 e. The van der Waals surface area contributed by atoms with E-state index in [1.807, 2.05) is 11.7 Å². The molecule has 0 spiro atoms. The van der Waals surface area contributed by atoms with Gasteiger partial charge in [-0.15, -0.1) is 0 Å². The monoisotopic (exact) mass is 261 g/mol. The summed E-state index contributed by atoms with van der Waals surface area (Å²) in [6.45, 7) is 7.77. The Morgan fingerprint density at radius 2 is 2.11 bits per heavy atom. The lowest BCUT2D eigenvalue weighted by Gasteiger charge is -2.24. The zero-order valence-corrected chi connectivity index (χ0v) is 12.7. The molecule has 2 aliphatic rings. The Balaban J connectivity index is 1.61.